The van der Waals surface area contributed by atoms with E-state index < -0.39 is 16.6 Å². The van der Waals surface area contributed by atoms with Crippen molar-refractivity contribution >= 4 is 17.3 Å². The monoisotopic (exact) mass is 295 g/mol. The van der Waals surface area contributed by atoms with Crippen molar-refractivity contribution in [2.45, 2.75) is 26.8 Å². The Labute approximate surface area is 123 Å². The second-order valence-corrected chi connectivity index (χ2v) is 4.80. The lowest BCUT2D eigenvalue weighted by Gasteiger charge is -2.24. The fourth-order valence-electron chi connectivity index (χ4n) is 2.21. The van der Waals surface area contributed by atoms with Gasteiger partial charge in [-0.1, -0.05) is 19.9 Å². The predicted molar refractivity (Wildman–Crippen MR) is 80.9 cm³/mol. The zero-order chi connectivity index (χ0) is 16.0. The highest BCUT2D eigenvalue weighted by Crippen LogP contribution is 2.29. The van der Waals surface area contributed by atoms with E-state index >= 15 is 0 Å². The molecule has 0 heterocycles. The van der Waals surface area contributed by atoms with Crippen LogP contribution in [0.15, 0.2) is 18.2 Å². The molecule has 0 amide bonds. The molecule has 0 spiro atoms. The second-order valence-electron chi connectivity index (χ2n) is 4.80. The number of aromatic carboxylic acids is 1. The SMILES string of the molecule is CCN(CC)CC(C)Nc1cccc(C(=O)O)c1[N+](=O)[O-]. The third-order valence-corrected chi connectivity index (χ3v) is 3.28. The minimum Gasteiger partial charge on any atom is -0.477 e. The van der Waals surface area contributed by atoms with Crippen LogP contribution in [0.3, 0.4) is 0 Å². The Kier molecular flexibility index (Phi) is 6.10. The second kappa shape index (κ2) is 7.58. The maximum Gasteiger partial charge on any atom is 0.342 e. The molecular formula is C14H21N3O4. The molecule has 0 aliphatic rings. The Morgan fingerprint density at radius 2 is 2.05 bits per heavy atom. The third kappa shape index (κ3) is 4.42. The molecule has 0 fully saturated rings. The molecule has 0 saturated carbocycles. The number of para-hydroxylation sites is 1. The van der Waals surface area contributed by atoms with Gasteiger partial charge in [0.25, 0.3) is 0 Å². The van der Waals surface area contributed by atoms with Crippen LogP contribution in [0.5, 0.6) is 0 Å². The lowest BCUT2D eigenvalue weighted by atomic mass is 10.1. The number of likely N-dealkylation sites (N-methyl/N-ethyl adjacent to an activating group) is 1. The highest BCUT2D eigenvalue weighted by atomic mass is 16.6. The van der Waals surface area contributed by atoms with Crippen molar-refractivity contribution in [2.75, 3.05) is 25.0 Å². The fraction of sp³-hybridized carbons (Fsp3) is 0.500. The molecule has 1 atom stereocenters. The largest absolute Gasteiger partial charge is 0.477 e. The number of carboxylic acids is 1. The normalized spacial score (nSPS) is 12.2. The first-order valence-corrected chi connectivity index (χ1v) is 6.90. The Hall–Kier alpha value is -2.15. The molecule has 2 N–H and O–H groups in total. The van der Waals surface area contributed by atoms with Gasteiger partial charge in [0.1, 0.15) is 11.3 Å². The Morgan fingerprint density at radius 3 is 2.52 bits per heavy atom. The zero-order valence-corrected chi connectivity index (χ0v) is 12.5. The molecule has 1 aromatic carbocycles. The molecule has 7 nitrogen and oxygen atoms in total. The van der Waals surface area contributed by atoms with Gasteiger partial charge in [-0.3, -0.25) is 10.1 Å². The van der Waals surface area contributed by atoms with E-state index in [1.54, 1.807) is 0 Å². The number of nitrogens with zero attached hydrogens (tertiary/aromatic N) is 2. The maximum absolute atomic E-state index is 11.2. The number of hydrogen-bond donors (Lipinski definition) is 2. The summed E-state index contributed by atoms with van der Waals surface area (Å²) >= 11 is 0. The summed E-state index contributed by atoms with van der Waals surface area (Å²) in [6, 6.07) is 4.24. The van der Waals surface area contributed by atoms with E-state index in [9.17, 15) is 14.9 Å². The number of anilines is 1. The standard InChI is InChI=1S/C14H21N3O4/c1-4-16(5-2)9-10(3)15-12-8-6-7-11(14(18)19)13(12)17(20)21/h6-8,10,15H,4-5,9H2,1-3H3,(H,18,19). The van der Waals surface area contributed by atoms with Crippen LogP contribution in [0.2, 0.25) is 0 Å². The van der Waals surface area contributed by atoms with Crippen LogP contribution in [-0.4, -0.2) is 46.6 Å². The van der Waals surface area contributed by atoms with Crippen molar-refractivity contribution < 1.29 is 14.8 Å². The molecular weight excluding hydrogens is 274 g/mol. The van der Waals surface area contributed by atoms with E-state index in [0.717, 1.165) is 19.6 Å². The lowest BCUT2D eigenvalue weighted by molar-refractivity contribution is -0.384. The van der Waals surface area contributed by atoms with Gasteiger partial charge in [-0.2, -0.15) is 0 Å². The summed E-state index contributed by atoms with van der Waals surface area (Å²) in [6.07, 6.45) is 0. The number of nitro benzene ring substituents is 1. The number of nitrogens with one attached hydrogen (secondary N) is 1. The Balaban J connectivity index is 3.00. The minimum atomic E-state index is -1.30. The van der Waals surface area contributed by atoms with Gasteiger partial charge in [-0.05, 0) is 32.1 Å². The summed E-state index contributed by atoms with van der Waals surface area (Å²) in [7, 11) is 0. The third-order valence-electron chi connectivity index (χ3n) is 3.28. The number of rotatable bonds is 8. The van der Waals surface area contributed by atoms with Crippen LogP contribution in [0, 0.1) is 10.1 Å². The van der Waals surface area contributed by atoms with Gasteiger partial charge in [-0.25, -0.2) is 4.79 Å². The summed E-state index contributed by atoms with van der Waals surface area (Å²) in [5.41, 5.74) is -0.462. The van der Waals surface area contributed by atoms with Crippen LogP contribution >= 0.6 is 0 Å². The number of nitro groups is 1. The summed E-state index contributed by atoms with van der Waals surface area (Å²) in [5.74, 6) is -1.30. The first-order chi connectivity index (χ1) is 9.90. The molecule has 21 heavy (non-hydrogen) atoms. The van der Waals surface area contributed by atoms with E-state index in [0.29, 0.717) is 0 Å². The van der Waals surface area contributed by atoms with Gasteiger partial charge in [0.05, 0.1) is 4.92 Å². The van der Waals surface area contributed by atoms with Crippen molar-refractivity contribution in [1.82, 2.24) is 4.90 Å². The van der Waals surface area contributed by atoms with Gasteiger partial charge in [0.2, 0.25) is 0 Å². The van der Waals surface area contributed by atoms with Gasteiger partial charge >= 0.3 is 11.7 Å². The first-order valence-electron chi connectivity index (χ1n) is 6.90. The highest BCUT2D eigenvalue weighted by Gasteiger charge is 2.25. The molecule has 0 saturated heterocycles. The summed E-state index contributed by atoms with van der Waals surface area (Å²) < 4.78 is 0. The van der Waals surface area contributed by atoms with E-state index in [-0.39, 0.29) is 17.3 Å². The predicted octanol–water partition coefficient (Wildman–Crippen LogP) is 2.44. The molecule has 116 valence electrons. The van der Waals surface area contributed by atoms with Crippen molar-refractivity contribution in [3.8, 4) is 0 Å². The van der Waals surface area contributed by atoms with E-state index in [2.05, 4.69) is 10.2 Å². The number of hydrogen-bond acceptors (Lipinski definition) is 5. The molecule has 0 bridgehead atoms. The van der Waals surface area contributed by atoms with Crippen LogP contribution < -0.4 is 5.32 Å². The summed E-state index contributed by atoms with van der Waals surface area (Å²) in [6.45, 7) is 8.50. The lowest BCUT2D eigenvalue weighted by Crippen LogP contribution is -2.34. The smallest absolute Gasteiger partial charge is 0.342 e. The summed E-state index contributed by atoms with van der Waals surface area (Å²) in [5, 5.41) is 23.2. The van der Waals surface area contributed by atoms with Gasteiger partial charge in [0.15, 0.2) is 0 Å². The van der Waals surface area contributed by atoms with E-state index in [1.807, 2.05) is 20.8 Å². The molecule has 0 aliphatic heterocycles. The maximum atomic E-state index is 11.2. The van der Waals surface area contributed by atoms with Crippen LogP contribution in [0.25, 0.3) is 0 Å². The minimum absolute atomic E-state index is 0.0346. The van der Waals surface area contributed by atoms with Crippen molar-refractivity contribution in [3.63, 3.8) is 0 Å². The highest BCUT2D eigenvalue weighted by molar-refractivity contribution is 5.95. The van der Waals surface area contributed by atoms with Gasteiger partial charge in [-0.15, -0.1) is 0 Å². The number of benzene rings is 1. The van der Waals surface area contributed by atoms with E-state index in [1.165, 1.54) is 18.2 Å². The number of carboxylic acid groups (broad SMARTS) is 1. The van der Waals surface area contributed by atoms with Crippen molar-refractivity contribution in [2.24, 2.45) is 0 Å². The summed E-state index contributed by atoms with van der Waals surface area (Å²) in [4.78, 5) is 23.8. The topological polar surface area (TPSA) is 95.7 Å². The first kappa shape index (κ1) is 16.9. The van der Waals surface area contributed by atoms with Crippen molar-refractivity contribution in [1.29, 1.82) is 0 Å². The van der Waals surface area contributed by atoms with Crippen LogP contribution in [-0.2, 0) is 0 Å². The molecule has 0 radical (unpaired) electrons. The van der Waals surface area contributed by atoms with Gasteiger partial charge < -0.3 is 15.3 Å². The van der Waals surface area contributed by atoms with Crippen LogP contribution in [0.4, 0.5) is 11.4 Å². The van der Waals surface area contributed by atoms with E-state index in [4.69, 9.17) is 5.11 Å². The quantitative estimate of drug-likeness (QED) is 0.565. The molecule has 1 rings (SSSR count). The molecule has 7 heteroatoms. The molecule has 1 aromatic rings. The molecule has 0 aliphatic carbocycles. The molecule has 1 unspecified atom stereocenters. The molecule has 0 aromatic heterocycles. The zero-order valence-electron chi connectivity index (χ0n) is 12.5. The van der Waals surface area contributed by atoms with Crippen molar-refractivity contribution in [3.05, 3.63) is 33.9 Å². The Morgan fingerprint density at radius 1 is 1.43 bits per heavy atom. The van der Waals surface area contributed by atoms with Crippen LogP contribution in [0.1, 0.15) is 31.1 Å². The number of carbonyl (C=O) groups is 1. The Bertz CT molecular complexity index is 515. The average Bonchev–Trinajstić information content (AvgIpc) is 2.44. The van der Waals surface area contributed by atoms with Gasteiger partial charge in [0, 0.05) is 12.6 Å². The fourth-order valence-corrected chi connectivity index (χ4v) is 2.21. The average molecular weight is 295 g/mol.